The van der Waals surface area contributed by atoms with E-state index in [1.54, 1.807) is 7.11 Å². The zero-order valence-electron chi connectivity index (χ0n) is 16.7. The van der Waals surface area contributed by atoms with E-state index >= 15 is 0 Å². The molecule has 0 saturated carbocycles. The Morgan fingerprint density at radius 3 is 2.43 bits per heavy atom. The number of urea groups is 1. The number of rotatable bonds is 7. The van der Waals surface area contributed by atoms with Gasteiger partial charge >= 0.3 is 6.03 Å². The molecule has 0 spiro atoms. The van der Waals surface area contributed by atoms with Crippen LogP contribution in [0.2, 0.25) is 0 Å². The molecule has 0 unspecified atom stereocenters. The van der Waals surface area contributed by atoms with Crippen LogP contribution in [0.25, 0.3) is 0 Å². The minimum Gasteiger partial charge on any atom is -0.495 e. The number of anilines is 1. The van der Waals surface area contributed by atoms with E-state index in [1.165, 1.54) is 5.56 Å². The lowest BCUT2D eigenvalue weighted by atomic mass is 10.1. The van der Waals surface area contributed by atoms with Gasteiger partial charge in [-0.05, 0) is 36.2 Å². The highest BCUT2D eigenvalue weighted by Gasteiger charge is 2.22. The highest BCUT2D eigenvalue weighted by Crippen LogP contribution is 2.28. The highest BCUT2D eigenvalue weighted by atomic mass is 16.5. The van der Waals surface area contributed by atoms with E-state index < -0.39 is 0 Å². The standard InChI is InChI=1S/C22H29N3O3/c1-3-6-18-9-11-19(12-10-18)28-17-23-22(26)25-15-13-24(14-16-25)20-7-4-5-8-21(20)27-2/h4-5,7-12H,3,6,13-17H2,1-2H3,(H,23,26). The first-order chi connectivity index (χ1) is 13.7. The third kappa shape index (κ3) is 5.09. The fourth-order valence-corrected chi connectivity index (χ4v) is 3.38. The number of nitrogens with one attached hydrogen (secondary N) is 1. The first kappa shape index (κ1) is 19.9. The summed E-state index contributed by atoms with van der Waals surface area (Å²) in [6.07, 6.45) is 2.19. The van der Waals surface area contributed by atoms with Gasteiger partial charge in [0.1, 0.15) is 11.5 Å². The summed E-state index contributed by atoms with van der Waals surface area (Å²) in [7, 11) is 1.68. The molecule has 28 heavy (non-hydrogen) atoms. The Bertz CT molecular complexity index is 756. The Kier molecular flexibility index (Phi) is 7.00. The Morgan fingerprint density at radius 2 is 1.75 bits per heavy atom. The van der Waals surface area contributed by atoms with Crippen molar-refractivity contribution in [1.82, 2.24) is 10.2 Å². The Balaban J connectivity index is 1.42. The predicted octanol–water partition coefficient (Wildman–Crippen LogP) is 3.52. The number of carbonyl (C=O) groups excluding carboxylic acids is 1. The number of methoxy groups -OCH3 is 1. The summed E-state index contributed by atoms with van der Waals surface area (Å²) in [5.74, 6) is 1.62. The molecule has 2 aromatic rings. The summed E-state index contributed by atoms with van der Waals surface area (Å²) in [6.45, 7) is 5.20. The van der Waals surface area contributed by atoms with Crippen LogP contribution in [0.5, 0.6) is 11.5 Å². The lowest BCUT2D eigenvalue weighted by molar-refractivity contribution is 0.181. The van der Waals surface area contributed by atoms with Crippen LogP contribution in [0, 0.1) is 0 Å². The molecule has 0 aliphatic carbocycles. The van der Waals surface area contributed by atoms with Crippen LogP contribution in [0.15, 0.2) is 48.5 Å². The minimum atomic E-state index is -0.0951. The van der Waals surface area contributed by atoms with Crippen molar-refractivity contribution in [2.24, 2.45) is 0 Å². The second-order valence-corrected chi connectivity index (χ2v) is 6.81. The number of ether oxygens (including phenoxy) is 2. The van der Waals surface area contributed by atoms with Crippen LogP contribution >= 0.6 is 0 Å². The van der Waals surface area contributed by atoms with Crippen LogP contribution in [0.1, 0.15) is 18.9 Å². The van der Waals surface area contributed by atoms with Gasteiger partial charge in [-0.15, -0.1) is 0 Å². The lowest BCUT2D eigenvalue weighted by Crippen LogP contribution is -2.52. The van der Waals surface area contributed by atoms with Crippen LogP contribution in [0.3, 0.4) is 0 Å². The Labute approximate surface area is 167 Å². The molecule has 1 aliphatic rings. The number of piperazine rings is 1. The maximum Gasteiger partial charge on any atom is 0.320 e. The van der Waals surface area contributed by atoms with Gasteiger partial charge in [0.15, 0.2) is 6.73 Å². The van der Waals surface area contributed by atoms with Crippen molar-refractivity contribution in [1.29, 1.82) is 0 Å². The summed E-state index contributed by atoms with van der Waals surface area (Å²) in [6, 6.07) is 15.9. The molecule has 3 rings (SSSR count). The first-order valence-electron chi connectivity index (χ1n) is 9.83. The van der Waals surface area contributed by atoms with Gasteiger partial charge in [-0.25, -0.2) is 4.79 Å². The van der Waals surface area contributed by atoms with E-state index in [0.29, 0.717) is 13.1 Å². The van der Waals surface area contributed by atoms with Crippen molar-refractivity contribution in [3.8, 4) is 11.5 Å². The normalized spacial score (nSPS) is 13.9. The zero-order valence-corrected chi connectivity index (χ0v) is 16.7. The van der Waals surface area contributed by atoms with Gasteiger partial charge in [0.05, 0.1) is 12.8 Å². The number of amides is 2. The molecule has 1 N–H and O–H groups in total. The number of para-hydroxylation sites is 2. The van der Waals surface area contributed by atoms with Crippen molar-refractivity contribution < 1.29 is 14.3 Å². The molecule has 0 radical (unpaired) electrons. The number of aryl methyl sites for hydroxylation is 1. The number of benzene rings is 2. The second-order valence-electron chi connectivity index (χ2n) is 6.81. The quantitative estimate of drug-likeness (QED) is 0.744. The van der Waals surface area contributed by atoms with E-state index in [9.17, 15) is 4.79 Å². The van der Waals surface area contributed by atoms with Gasteiger partial charge in [0.25, 0.3) is 0 Å². The Morgan fingerprint density at radius 1 is 1.04 bits per heavy atom. The number of hydrogen-bond donors (Lipinski definition) is 1. The molecule has 150 valence electrons. The summed E-state index contributed by atoms with van der Waals surface area (Å²) < 4.78 is 11.1. The highest BCUT2D eigenvalue weighted by molar-refractivity contribution is 5.74. The van der Waals surface area contributed by atoms with E-state index in [0.717, 1.165) is 43.1 Å². The van der Waals surface area contributed by atoms with E-state index in [2.05, 4.69) is 29.3 Å². The van der Waals surface area contributed by atoms with Crippen molar-refractivity contribution in [3.63, 3.8) is 0 Å². The lowest BCUT2D eigenvalue weighted by Gasteiger charge is -2.36. The van der Waals surface area contributed by atoms with Gasteiger partial charge in [-0.3, -0.25) is 0 Å². The van der Waals surface area contributed by atoms with Crippen molar-refractivity contribution >= 4 is 11.7 Å². The fourth-order valence-electron chi connectivity index (χ4n) is 3.38. The average molecular weight is 383 g/mol. The SMILES string of the molecule is CCCc1ccc(OCNC(=O)N2CCN(c3ccccc3OC)CC2)cc1. The van der Waals surface area contributed by atoms with Crippen molar-refractivity contribution in [2.45, 2.75) is 19.8 Å². The molecule has 0 aromatic heterocycles. The maximum absolute atomic E-state index is 12.4. The van der Waals surface area contributed by atoms with E-state index in [4.69, 9.17) is 9.47 Å². The predicted molar refractivity (Wildman–Crippen MR) is 111 cm³/mol. The van der Waals surface area contributed by atoms with Gasteiger partial charge in [-0.2, -0.15) is 0 Å². The van der Waals surface area contributed by atoms with E-state index in [-0.39, 0.29) is 12.8 Å². The molecule has 1 aliphatic heterocycles. The van der Waals surface area contributed by atoms with Crippen LogP contribution in [-0.4, -0.2) is 51.0 Å². The summed E-state index contributed by atoms with van der Waals surface area (Å²) in [4.78, 5) is 16.5. The third-order valence-corrected chi connectivity index (χ3v) is 4.92. The van der Waals surface area contributed by atoms with Gasteiger partial charge in [-0.1, -0.05) is 37.6 Å². The molecule has 1 fully saturated rings. The summed E-state index contributed by atoms with van der Waals surface area (Å²) in [5.41, 5.74) is 2.37. The zero-order chi connectivity index (χ0) is 19.8. The summed E-state index contributed by atoms with van der Waals surface area (Å²) >= 11 is 0. The number of hydrogen-bond acceptors (Lipinski definition) is 4. The number of carbonyl (C=O) groups is 1. The first-order valence-corrected chi connectivity index (χ1v) is 9.83. The molecule has 2 aromatic carbocycles. The van der Waals surface area contributed by atoms with Crippen LogP contribution in [0.4, 0.5) is 10.5 Å². The molecule has 0 atom stereocenters. The minimum absolute atomic E-state index is 0.0951. The van der Waals surface area contributed by atoms with E-state index in [1.807, 2.05) is 41.3 Å². The van der Waals surface area contributed by atoms with Crippen molar-refractivity contribution in [3.05, 3.63) is 54.1 Å². The van der Waals surface area contributed by atoms with Gasteiger partial charge in [0.2, 0.25) is 0 Å². The van der Waals surface area contributed by atoms with Crippen molar-refractivity contribution in [2.75, 3.05) is 44.9 Å². The molecule has 0 bridgehead atoms. The molecule has 2 amide bonds. The van der Waals surface area contributed by atoms with Gasteiger partial charge in [0, 0.05) is 26.2 Å². The maximum atomic E-state index is 12.4. The molecular formula is C22H29N3O3. The average Bonchev–Trinajstić information content (AvgIpc) is 2.75. The monoisotopic (exact) mass is 383 g/mol. The largest absolute Gasteiger partial charge is 0.495 e. The smallest absolute Gasteiger partial charge is 0.320 e. The molecular weight excluding hydrogens is 354 g/mol. The molecule has 1 heterocycles. The second kappa shape index (κ2) is 9.88. The molecule has 6 heteroatoms. The number of nitrogens with zero attached hydrogens (tertiary/aromatic N) is 2. The third-order valence-electron chi connectivity index (χ3n) is 4.92. The fraction of sp³-hybridized carbons (Fsp3) is 0.409. The van der Waals surface area contributed by atoms with Crippen LogP contribution < -0.4 is 19.7 Å². The topological polar surface area (TPSA) is 54.0 Å². The molecule has 1 saturated heterocycles. The summed E-state index contributed by atoms with van der Waals surface area (Å²) in [5, 5.41) is 2.84. The van der Waals surface area contributed by atoms with Gasteiger partial charge < -0.3 is 24.6 Å². The van der Waals surface area contributed by atoms with Crippen LogP contribution in [-0.2, 0) is 6.42 Å². The molecule has 6 nitrogen and oxygen atoms in total. The Hall–Kier alpha value is -2.89.